The van der Waals surface area contributed by atoms with Gasteiger partial charge in [-0.3, -0.25) is 4.79 Å². The Morgan fingerprint density at radius 1 is 1.24 bits per heavy atom. The number of aromatic nitrogens is 1. The minimum Gasteiger partial charge on any atom is -0.466 e. The van der Waals surface area contributed by atoms with E-state index in [-0.39, 0.29) is 5.91 Å². The molecule has 25 heavy (non-hydrogen) atoms. The summed E-state index contributed by atoms with van der Waals surface area (Å²) >= 11 is 0. The van der Waals surface area contributed by atoms with E-state index in [0.717, 1.165) is 43.1 Å². The molecular formula is C21H22N2O2. The number of pyridine rings is 1. The van der Waals surface area contributed by atoms with E-state index < -0.39 is 0 Å². The molecule has 2 aromatic heterocycles. The lowest BCUT2D eigenvalue weighted by atomic mass is 10.0. The summed E-state index contributed by atoms with van der Waals surface area (Å²) in [5, 5.41) is 0. The third-order valence-corrected chi connectivity index (χ3v) is 4.33. The third kappa shape index (κ3) is 4.19. The molecule has 1 amide bonds. The highest BCUT2D eigenvalue weighted by atomic mass is 16.3. The Labute approximate surface area is 148 Å². The van der Waals surface area contributed by atoms with Crippen LogP contribution in [0.4, 0.5) is 0 Å². The van der Waals surface area contributed by atoms with Crippen molar-refractivity contribution >= 4 is 5.91 Å². The molecule has 1 saturated heterocycles. The Morgan fingerprint density at radius 2 is 2.00 bits per heavy atom. The van der Waals surface area contributed by atoms with Gasteiger partial charge in [-0.1, -0.05) is 17.6 Å². The largest absolute Gasteiger partial charge is 0.466 e. The van der Waals surface area contributed by atoms with Crippen molar-refractivity contribution in [1.29, 1.82) is 0 Å². The van der Waals surface area contributed by atoms with Crippen LogP contribution < -0.4 is 0 Å². The maximum atomic E-state index is 12.6. The third-order valence-electron chi connectivity index (χ3n) is 4.33. The molecule has 0 atom stereocenters. The number of allylic oxidation sites excluding steroid dienone is 1. The van der Waals surface area contributed by atoms with Crippen molar-refractivity contribution < 1.29 is 9.21 Å². The number of hydrogen-bond donors (Lipinski definition) is 0. The van der Waals surface area contributed by atoms with E-state index in [4.69, 9.17) is 4.42 Å². The molecule has 0 spiro atoms. The second kappa shape index (κ2) is 7.40. The van der Waals surface area contributed by atoms with Crippen molar-refractivity contribution in [2.24, 2.45) is 0 Å². The van der Waals surface area contributed by atoms with Gasteiger partial charge in [0.2, 0.25) is 0 Å². The van der Waals surface area contributed by atoms with Gasteiger partial charge in [0.25, 0.3) is 5.91 Å². The minimum atomic E-state index is 0.0587. The van der Waals surface area contributed by atoms with Crippen LogP contribution in [0.25, 0.3) is 0 Å². The molecule has 0 radical (unpaired) electrons. The Morgan fingerprint density at radius 3 is 2.64 bits per heavy atom. The fraction of sp³-hybridized carbons (Fsp3) is 0.333. The lowest BCUT2D eigenvalue weighted by molar-refractivity contribution is 0.0742. The Bertz CT molecular complexity index is 871. The summed E-state index contributed by atoms with van der Waals surface area (Å²) in [6.07, 6.45) is 3.69. The Hall–Kier alpha value is -2.80. The molecular weight excluding hydrogens is 312 g/mol. The van der Waals surface area contributed by atoms with E-state index in [0.29, 0.717) is 11.3 Å². The van der Waals surface area contributed by atoms with Gasteiger partial charge in [-0.25, -0.2) is 4.98 Å². The zero-order valence-corrected chi connectivity index (χ0v) is 14.9. The van der Waals surface area contributed by atoms with Gasteiger partial charge < -0.3 is 9.32 Å². The molecule has 0 unspecified atom stereocenters. The normalized spacial score (nSPS) is 14.0. The van der Waals surface area contributed by atoms with E-state index in [1.807, 2.05) is 56.0 Å². The number of piperidine rings is 1. The predicted octanol–water partition coefficient (Wildman–Crippen LogP) is 3.81. The number of furan rings is 1. The number of amides is 1. The van der Waals surface area contributed by atoms with E-state index in [2.05, 4.69) is 16.8 Å². The fourth-order valence-electron chi connectivity index (χ4n) is 2.98. The van der Waals surface area contributed by atoms with Gasteiger partial charge in [-0.05, 0) is 63.8 Å². The summed E-state index contributed by atoms with van der Waals surface area (Å²) in [6, 6.07) is 7.65. The number of nitrogens with zero attached hydrogens (tertiary/aromatic N) is 2. The van der Waals surface area contributed by atoms with Crippen LogP contribution in [0.3, 0.4) is 0 Å². The van der Waals surface area contributed by atoms with E-state index in [1.54, 1.807) is 0 Å². The number of carbonyl (C=O) groups excluding carboxylic acids is 1. The maximum absolute atomic E-state index is 12.6. The zero-order valence-electron chi connectivity index (χ0n) is 14.9. The van der Waals surface area contributed by atoms with Crippen LogP contribution in [0, 0.1) is 32.6 Å². The fourth-order valence-corrected chi connectivity index (χ4v) is 2.98. The van der Waals surface area contributed by atoms with Crippen molar-refractivity contribution in [3.63, 3.8) is 0 Å². The second-order valence-corrected chi connectivity index (χ2v) is 6.36. The van der Waals surface area contributed by atoms with Crippen LogP contribution in [0.15, 0.2) is 40.3 Å². The monoisotopic (exact) mass is 334 g/mol. The molecule has 1 fully saturated rings. The van der Waals surface area contributed by atoms with Gasteiger partial charge in [0.1, 0.15) is 17.2 Å². The molecule has 3 heterocycles. The van der Waals surface area contributed by atoms with Gasteiger partial charge in [0, 0.05) is 18.8 Å². The first-order valence-corrected chi connectivity index (χ1v) is 8.52. The molecule has 1 aliphatic rings. The summed E-state index contributed by atoms with van der Waals surface area (Å²) in [5.41, 5.74) is 3.71. The smallest absolute Gasteiger partial charge is 0.257 e. The average Bonchev–Trinajstić information content (AvgIpc) is 2.93. The van der Waals surface area contributed by atoms with Crippen LogP contribution in [-0.4, -0.2) is 28.9 Å². The molecule has 128 valence electrons. The molecule has 0 bridgehead atoms. The first-order chi connectivity index (χ1) is 12.0. The molecule has 0 N–H and O–H groups in total. The lowest BCUT2D eigenvalue weighted by Gasteiger charge is -2.28. The van der Waals surface area contributed by atoms with Gasteiger partial charge in [-0.2, -0.15) is 0 Å². The number of rotatable bonds is 1. The van der Waals surface area contributed by atoms with Crippen molar-refractivity contribution in [3.8, 4) is 11.8 Å². The predicted molar refractivity (Wildman–Crippen MR) is 97.3 cm³/mol. The molecule has 0 saturated carbocycles. The minimum absolute atomic E-state index is 0.0587. The van der Waals surface area contributed by atoms with Gasteiger partial charge in [-0.15, -0.1) is 0 Å². The highest BCUT2D eigenvalue weighted by Gasteiger charge is 2.23. The summed E-state index contributed by atoms with van der Waals surface area (Å²) in [7, 11) is 0. The van der Waals surface area contributed by atoms with Crippen LogP contribution >= 0.6 is 0 Å². The van der Waals surface area contributed by atoms with E-state index in [9.17, 15) is 4.79 Å². The van der Waals surface area contributed by atoms with Crippen molar-refractivity contribution in [3.05, 3.63) is 64.4 Å². The molecule has 0 aromatic carbocycles. The summed E-state index contributed by atoms with van der Waals surface area (Å²) in [5.74, 6) is 7.70. The van der Waals surface area contributed by atoms with Gasteiger partial charge >= 0.3 is 0 Å². The molecule has 4 heteroatoms. The van der Waals surface area contributed by atoms with E-state index in [1.165, 1.54) is 5.57 Å². The Kier molecular flexibility index (Phi) is 5.04. The van der Waals surface area contributed by atoms with Gasteiger partial charge in [0.15, 0.2) is 0 Å². The first kappa shape index (κ1) is 17.0. The highest BCUT2D eigenvalue weighted by molar-refractivity contribution is 5.95. The van der Waals surface area contributed by atoms with Crippen LogP contribution in [0.2, 0.25) is 0 Å². The SMILES string of the molecule is Cc1cccc(C#CC=C2CCN(C(=O)c3cc(C)oc3C)CC2)n1. The Balaban J connectivity index is 1.60. The van der Waals surface area contributed by atoms with Crippen molar-refractivity contribution in [1.82, 2.24) is 9.88 Å². The van der Waals surface area contributed by atoms with Crippen molar-refractivity contribution in [2.75, 3.05) is 13.1 Å². The quantitative estimate of drug-likeness (QED) is 0.745. The van der Waals surface area contributed by atoms with Crippen LogP contribution in [0.1, 0.15) is 46.1 Å². The van der Waals surface area contributed by atoms with Gasteiger partial charge in [0.05, 0.1) is 5.56 Å². The topological polar surface area (TPSA) is 46.3 Å². The molecule has 1 aliphatic heterocycles. The standard InChI is InChI=1S/C21H22N2O2/c1-15-6-4-8-19(22-15)9-5-7-18-10-12-23(13-11-18)21(24)20-14-16(2)25-17(20)3/h4,6-8,14H,10-13H2,1-3H3. The summed E-state index contributed by atoms with van der Waals surface area (Å²) in [4.78, 5) is 18.8. The molecule has 2 aromatic rings. The molecule has 3 rings (SSSR count). The van der Waals surface area contributed by atoms with E-state index >= 15 is 0 Å². The molecule has 0 aliphatic carbocycles. The molecule has 4 nitrogen and oxygen atoms in total. The lowest BCUT2D eigenvalue weighted by Crippen LogP contribution is -2.36. The summed E-state index contributed by atoms with van der Waals surface area (Å²) < 4.78 is 5.47. The zero-order chi connectivity index (χ0) is 17.8. The number of carbonyl (C=O) groups is 1. The number of aryl methyl sites for hydroxylation is 3. The maximum Gasteiger partial charge on any atom is 0.257 e. The highest BCUT2D eigenvalue weighted by Crippen LogP contribution is 2.21. The number of hydrogen-bond acceptors (Lipinski definition) is 3. The van der Waals surface area contributed by atoms with Crippen LogP contribution in [0.5, 0.6) is 0 Å². The van der Waals surface area contributed by atoms with Crippen molar-refractivity contribution in [2.45, 2.75) is 33.6 Å². The second-order valence-electron chi connectivity index (χ2n) is 6.36. The first-order valence-electron chi connectivity index (χ1n) is 8.52. The van der Waals surface area contributed by atoms with Crippen LogP contribution in [-0.2, 0) is 0 Å². The number of likely N-dealkylation sites (tertiary alicyclic amines) is 1. The summed E-state index contributed by atoms with van der Waals surface area (Å²) in [6.45, 7) is 7.10. The average molecular weight is 334 g/mol.